The Morgan fingerprint density at radius 3 is 2.56 bits per heavy atom. The zero-order valence-corrected chi connectivity index (χ0v) is 16.1. The van der Waals surface area contributed by atoms with Gasteiger partial charge in [-0.25, -0.2) is 4.79 Å². The summed E-state index contributed by atoms with van der Waals surface area (Å²) in [5.41, 5.74) is 0.433. The summed E-state index contributed by atoms with van der Waals surface area (Å²) < 4.78 is 16.9. The highest BCUT2D eigenvalue weighted by atomic mass is 35.5. The predicted octanol–water partition coefficient (Wildman–Crippen LogP) is 4.40. The fourth-order valence-corrected chi connectivity index (χ4v) is 2.49. The van der Waals surface area contributed by atoms with E-state index in [0.717, 1.165) is 5.56 Å². The highest BCUT2D eigenvalue weighted by Crippen LogP contribution is 2.24. The lowest BCUT2D eigenvalue weighted by Crippen LogP contribution is -2.55. The molecule has 1 fully saturated rings. The van der Waals surface area contributed by atoms with Crippen molar-refractivity contribution in [3.63, 3.8) is 0 Å². The van der Waals surface area contributed by atoms with Crippen molar-refractivity contribution >= 4 is 23.8 Å². The van der Waals surface area contributed by atoms with Crippen molar-refractivity contribution < 1.29 is 19.0 Å². The fraction of sp³-hybridized carbons (Fsp3) is 0.526. The topological polar surface area (TPSA) is 56.8 Å². The molecule has 0 aromatic heterocycles. The number of nitrogens with one attached hydrogen (secondary N) is 1. The maximum Gasteiger partial charge on any atom is 0.408 e. The average molecular weight is 368 g/mol. The van der Waals surface area contributed by atoms with Crippen molar-refractivity contribution in [1.29, 1.82) is 0 Å². The van der Waals surface area contributed by atoms with Crippen LogP contribution < -0.4 is 5.32 Å². The molecule has 1 aliphatic heterocycles. The van der Waals surface area contributed by atoms with Crippen LogP contribution in [-0.2, 0) is 14.2 Å². The molecule has 1 aliphatic rings. The molecular formula is C19H26ClNO4. The zero-order valence-electron chi connectivity index (χ0n) is 15.3. The standard InChI is InChI=1S/C19H26ClNO4/c1-18(2,3)25-17(22)21-15-12-23-19(4,5)24-16(15)11-8-13-6-9-14(20)10-7-13/h6-11,15-16H,12H2,1-5H3,(H,21,22)/t15?,16-/m1/s1. The highest BCUT2D eigenvalue weighted by molar-refractivity contribution is 6.30. The molecule has 1 heterocycles. The van der Waals surface area contributed by atoms with Crippen molar-refractivity contribution in [2.75, 3.05) is 6.61 Å². The number of halogens is 1. The van der Waals surface area contributed by atoms with Crippen molar-refractivity contribution in [2.45, 2.75) is 58.2 Å². The van der Waals surface area contributed by atoms with Crippen LogP contribution in [0.5, 0.6) is 0 Å². The third-order valence-corrected chi connectivity index (χ3v) is 3.73. The van der Waals surface area contributed by atoms with Gasteiger partial charge < -0.3 is 19.5 Å². The van der Waals surface area contributed by atoms with Gasteiger partial charge in [0.2, 0.25) is 0 Å². The summed E-state index contributed by atoms with van der Waals surface area (Å²) in [6.07, 6.45) is 3.02. The van der Waals surface area contributed by atoms with E-state index in [2.05, 4.69) is 5.32 Å². The maximum absolute atomic E-state index is 12.1. The Balaban J connectivity index is 2.08. The van der Waals surface area contributed by atoms with Gasteiger partial charge in [0.25, 0.3) is 0 Å². The van der Waals surface area contributed by atoms with E-state index in [1.165, 1.54) is 0 Å². The summed E-state index contributed by atoms with van der Waals surface area (Å²) in [7, 11) is 0. The smallest absolute Gasteiger partial charge is 0.408 e. The Hall–Kier alpha value is -1.56. The van der Waals surface area contributed by atoms with Crippen molar-refractivity contribution in [2.24, 2.45) is 0 Å². The fourth-order valence-electron chi connectivity index (χ4n) is 2.37. The number of alkyl carbamates (subject to hydrolysis) is 1. The van der Waals surface area contributed by atoms with E-state index in [-0.39, 0.29) is 12.1 Å². The van der Waals surface area contributed by atoms with Crippen LogP contribution >= 0.6 is 11.6 Å². The van der Waals surface area contributed by atoms with Crippen molar-refractivity contribution in [1.82, 2.24) is 5.32 Å². The number of hydrogen-bond acceptors (Lipinski definition) is 4. The van der Waals surface area contributed by atoms with E-state index in [0.29, 0.717) is 11.6 Å². The van der Waals surface area contributed by atoms with Crippen LogP contribution in [0.4, 0.5) is 4.79 Å². The quantitative estimate of drug-likeness (QED) is 0.860. The molecule has 1 saturated heterocycles. The molecule has 1 N–H and O–H groups in total. The number of carbonyl (C=O) groups excluding carboxylic acids is 1. The maximum atomic E-state index is 12.1. The largest absolute Gasteiger partial charge is 0.444 e. The molecule has 25 heavy (non-hydrogen) atoms. The van der Waals surface area contributed by atoms with Gasteiger partial charge in [0.15, 0.2) is 5.79 Å². The van der Waals surface area contributed by atoms with Crippen molar-refractivity contribution in [3.05, 3.63) is 40.9 Å². The lowest BCUT2D eigenvalue weighted by Gasteiger charge is -2.40. The number of rotatable bonds is 3. The molecule has 5 nitrogen and oxygen atoms in total. The summed E-state index contributed by atoms with van der Waals surface area (Å²) >= 11 is 5.90. The van der Waals surface area contributed by atoms with E-state index < -0.39 is 17.5 Å². The summed E-state index contributed by atoms with van der Waals surface area (Å²) in [6.45, 7) is 9.49. The Labute approximate surface area is 154 Å². The minimum atomic E-state index is -0.721. The van der Waals surface area contributed by atoms with E-state index in [9.17, 15) is 4.79 Å². The molecule has 0 spiro atoms. The van der Waals surface area contributed by atoms with E-state index in [1.54, 1.807) is 0 Å². The molecule has 2 rings (SSSR count). The lowest BCUT2D eigenvalue weighted by atomic mass is 10.1. The van der Waals surface area contributed by atoms with E-state index >= 15 is 0 Å². The second kappa shape index (κ2) is 7.77. The van der Waals surface area contributed by atoms with Gasteiger partial charge in [-0.1, -0.05) is 35.9 Å². The first-order valence-electron chi connectivity index (χ1n) is 8.29. The average Bonchev–Trinajstić information content (AvgIpc) is 2.47. The van der Waals surface area contributed by atoms with Gasteiger partial charge in [0, 0.05) is 5.02 Å². The van der Waals surface area contributed by atoms with Gasteiger partial charge in [-0.3, -0.25) is 0 Å². The van der Waals surface area contributed by atoms with Gasteiger partial charge in [-0.2, -0.15) is 0 Å². The van der Waals surface area contributed by atoms with Gasteiger partial charge in [-0.15, -0.1) is 0 Å². The molecule has 1 aromatic carbocycles. The second-order valence-corrected chi connectivity index (χ2v) is 7.89. The molecule has 2 atom stereocenters. The van der Waals surface area contributed by atoms with Crippen LogP contribution in [0.2, 0.25) is 5.02 Å². The van der Waals surface area contributed by atoms with Gasteiger partial charge in [-0.05, 0) is 52.3 Å². The monoisotopic (exact) mass is 367 g/mol. The normalized spacial score (nSPS) is 23.4. The second-order valence-electron chi connectivity index (χ2n) is 7.46. The summed E-state index contributed by atoms with van der Waals surface area (Å²) in [4.78, 5) is 12.1. The van der Waals surface area contributed by atoms with Crippen LogP contribution in [0, 0.1) is 0 Å². The predicted molar refractivity (Wildman–Crippen MR) is 98.5 cm³/mol. The first-order chi connectivity index (χ1) is 11.5. The highest BCUT2D eigenvalue weighted by Gasteiger charge is 2.36. The Morgan fingerprint density at radius 1 is 1.32 bits per heavy atom. The number of amides is 1. The molecular weight excluding hydrogens is 342 g/mol. The molecule has 1 amide bonds. The molecule has 1 aromatic rings. The van der Waals surface area contributed by atoms with Crippen LogP contribution in [0.1, 0.15) is 40.2 Å². The summed E-state index contributed by atoms with van der Waals surface area (Å²) in [5, 5.41) is 3.51. The van der Waals surface area contributed by atoms with Crippen LogP contribution in [0.3, 0.4) is 0 Å². The molecule has 0 bridgehead atoms. The lowest BCUT2D eigenvalue weighted by molar-refractivity contribution is -0.271. The van der Waals surface area contributed by atoms with Crippen LogP contribution in [-0.4, -0.2) is 36.2 Å². The van der Waals surface area contributed by atoms with Crippen molar-refractivity contribution in [3.8, 4) is 0 Å². The third-order valence-electron chi connectivity index (χ3n) is 3.48. The minimum Gasteiger partial charge on any atom is -0.444 e. The number of ether oxygens (including phenoxy) is 3. The summed E-state index contributed by atoms with van der Waals surface area (Å²) in [6, 6.07) is 7.14. The first kappa shape index (κ1) is 19.8. The molecule has 1 unspecified atom stereocenters. The van der Waals surface area contributed by atoms with Crippen LogP contribution in [0.15, 0.2) is 30.3 Å². The minimum absolute atomic E-state index is 0.335. The Kier molecular flexibility index (Phi) is 6.14. The Morgan fingerprint density at radius 2 is 1.96 bits per heavy atom. The van der Waals surface area contributed by atoms with E-state index in [4.69, 9.17) is 25.8 Å². The van der Waals surface area contributed by atoms with Gasteiger partial charge in [0.1, 0.15) is 11.7 Å². The molecule has 0 saturated carbocycles. The van der Waals surface area contributed by atoms with Gasteiger partial charge >= 0.3 is 6.09 Å². The molecule has 0 aliphatic carbocycles. The summed E-state index contributed by atoms with van der Waals surface area (Å²) in [5.74, 6) is -0.721. The molecule has 138 valence electrons. The first-order valence-corrected chi connectivity index (χ1v) is 8.67. The molecule has 6 heteroatoms. The van der Waals surface area contributed by atoms with Gasteiger partial charge in [0.05, 0.1) is 12.6 Å². The third kappa shape index (κ3) is 6.69. The molecule has 0 radical (unpaired) electrons. The van der Waals surface area contributed by atoms with E-state index in [1.807, 2.05) is 71.0 Å². The SMILES string of the molecule is CC(C)(C)OC(=O)NC1COC(C)(C)O[C@@H]1C=Cc1ccc(Cl)cc1. The zero-order chi connectivity index (χ0) is 18.7. The Bertz CT molecular complexity index is 619. The number of hydrogen-bond donors (Lipinski definition) is 1. The van der Waals surface area contributed by atoms with Crippen LogP contribution in [0.25, 0.3) is 6.08 Å². The number of benzene rings is 1. The number of carbonyl (C=O) groups is 1.